The van der Waals surface area contributed by atoms with Crippen LogP contribution in [-0.2, 0) is 9.53 Å². The number of phenolic OH excluding ortho intramolecular Hbond substituents is 2. The Morgan fingerprint density at radius 2 is 1.77 bits per heavy atom. The number of aliphatic hydroxyl groups excluding tert-OH is 4. The number of hydrogen-bond acceptors (Lipinski definition) is 9. The number of esters is 1. The normalized spacial score (nSPS) is 15.1. The first-order chi connectivity index (χ1) is 10.3. The highest BCUT2D eigenvalue weighted by Gasteiger charge is 2.24. The number of benzene rings is 1. The van der Waals surface area contributed by atoms with Crippen LogP contribution in [0.4, 0.5) is 0 Å². The first kappa shape index (κ1) is 18.1. The Balaban J connectivity index is 2.35. The minimum absolute atomic E-state index is 0.0137. The van der Waals surface area contributed by atoms with Gasteiger partial charge in [0.15, 0.2) is 11.5 Å². The van der Waals surface area contributed by atoms with E-state index in [9.17, 15) is 20.1 Å². The lowest BCUT2D eigenvalue weighted by Gasteiger charge is -2.21. The molecule has 0 spiro atoms. The van der Waals surface area contributed by atoms with Crippen LogP contribution in [0.15, 0.2) is 18.2 Å². The summed E-state index contributed by atoms with van der Waals surface area (Å²) in [5.41, 5.74) is 0. The number of carbonyl (C=O) groups excluding carboxylic acids is 1. The third-order valence-corrected chi connectivity index (χ3v) is 2.66. The molecule has 0 heterocycles. The molecule has 6 N–H and O–H groups in total. The van der Waals surface area contributed by atoms with E-state index in [4.69, 9.17) is 24.8 Å². The summed E-state index contributed by atoms with van der Waals surface area (Å²) in [6.45, 7) is -1.75. The van der Waals surface area contributed by atoms with Crippen molar-refractivity contribution in [3.05, 3.63) is 18.2 Å². The van der Waals surface area contributed by atoms with Crippen LogP contribution in [0, 0.1) is 0 Å². The number of aliphatic hydroxyl groups is 4. The molecule has 0 bridgehead atoms. The predicted molar refractivity (Wildman–Crippen MR) is 71.3 cm³/mol. The average Bonchev–Trinajstić information content (AvgIpc) is 2.49. The van der Waals surface area contributed by atoms with E-state index in [1.165, 1.54) is 6.07 Å². The number of aromatic hydroxyl groups is 2. The van der Waals surface area contributed by atoms with Crippen LogP contribution in [0.5, 0.6) is 17.2 Å². The van der Waals surface area contributed by atoms with Crippen molar-refractivity contribution < 1.29 is 44.9 Å². The van der Waals surface area contributed by atoms with Gasteiger partial charge in [0.05, 0.1) is 13.2 Å². The Morgan fingerprint density at radius 1 is 1.09 bits per heavy atom. The largest absolute Gasteiger partial charge is 0.504 e. The van der Waals surface area contributed by atoms with Gasteiger partial charge in [0.2, 0.25) is 0 Å². The fourth-order valence-electron chi connectivity index (χ4n) is 1.45. The van der Waals surface area contributed by atoms with Crippen LogP contribution in [0.2, 0.25) is 0 Å². The van der Waals surface area contributed by atoms with Gasteiger partial charge in [-0.05, 0) is 12.1 Å². The van der Waals surface area contributed by atoms with Crippen molar-refractivity contribution in [1.29, 1.82) is 0 Å². The summed E-state index contributed by atoms with van der Waals surface area (Å²) < 4.78 is 9.60. The van der Waals surface area contributed by atoms with Crippen molar-refractivity contribution in [3.63, 3.8) is 0 Å². The Labute approximate surface area is 125 Å². The summed E-state index contributed by atoms with van der Waals surface area (Å²) in [4.78, 5) is 11.4. The molecule has 0 aliphatic rings. The average molecular weight is 318 g/mol. The maximum atomic E-state index is 11.4. The standard InChI is InChI=1S/C13H18O9/c14-4-10(17)13(20)11(18)5-21-6-12(19)22-7-1-2-8(15)9(16)3-7/h1-3,10-11,13-18,20H,4-6H2. The zero-order valence-corrected chi connectivity index (χ0v) is 11.5. The molecular weight excluding hydrogens is 300 g/mol. The van der Waals surface area contributed by atoms with Crippen molar-refractivity contribution in [2.45, 2.75) is 18.3 Å². The number of rotatable bonds is 8. The van der Waals surface area contributed by atoms with E-state index in [0.717, 1.165) is 12.1 Å². The van der Waals surface area contributed by atoms with E-state index in [1.54, 1.807) is 0 Å². The molecule has 3 unspecified atom stereocenters. The minimum atomic E-state index is -1.62. The molecule has 1 aromatic rings. The second-order valence-corrected chi connectivity index (χ2v) is 4.45. The van der Waals surface area contributed by atoms with Crippen molar-refractivity contribution in [1.82, 2.24) is 0 Å². The van der Waals surface area contributed by atoms with Gasteiger partial charge in [0.1, 0.15) is 30.7 Å². The second kappa shape index (κ2) is 8.51. The van der Waals surface area contributed by atoms with Gasteiger partial charge in [-0.1, -0.05) is 0 Å². The molecule has 0 saturated heterocycles. The highest BCUT2D eigenvalue weighted by atomic mass is 16.6. The summed E-state index contributed by atoms with van der Waals surface area (Å²) in [5.74, 6) is -1.67. The summed E-state index contributed by atoms with van der Waals surface area (Å²) in [6, 6.07) is 3.42. The molecule has 0 aliphatic heterocycles. The monoisotopic (exact) mass is 318 g/mol. The van der Waals surface area contributed by atoms with Gasteiger partial charge in [-0.15, -0.1) is 0 Å². The summed E-state index contributed by atoms with van der Waals surface area (Å²) in [5, 5.41) is 54.8. The number of hydrogen-bond donors (Lipinski definition) is 6. The van der Waals surface area contributed by atoms with E-state index >= 15 is 0 Å². The number of phenols is 2. The lowest BCUT2D eigenvalue weighted by molar-refractivity contribution is -0.143. The molecule has 0 saturated carbocycles. The lowest BCUT2D eigenvalue weighted by Crippen LogP contribution is -2.42. The highest BCUT2D eigenvalue weighted by molar-refractivity contribution is 5.73. The van der Waals surface area contributed by atoms with E-state index in [-0.39, 0.29) is 11.5 Å². The molecule has 0 aliphatic carbocycles. The molecular formula is C13H18O9. The van der Waals surface area contributed by atoms with Crippen LogP contribution in [0.1, 0.15) is 0 Å². The van der Waals surface area contributed by atoms with Crippen LogP contribution in [0.25, 0.3) is 0 Å². The van der Waals surface area contributed by atoms with Gasteiger partial charge in [-0.2, -0.15) is 0 Å². The van der Waals surface area contributed by atoms with Crippen LogP contribution in [0.3, 0.4) is 0 Å². The highest BCUT2D eigenvalue weighted by Crippen LogP contribution is 2.28. The van der Waals surface area contributed by atoms with E-state index < -0.39 is 49.9 Å². The number of ether oxygens (including phenoxy) is 2. The maximum absolute atomic E-state index is 11.4. The molecule has 9 nitrogen and oxygen atoms in total. The van der Waals surface area contributed by atoms with Gasteiger partial charge in [0.25, 0.3) is 0 Å². The van der Waals surface area contributed by atoms with Gasteiger partial charge in [0, 0.05) is 6.07 Å². The Bertz CT molecular complexity index is 490. The smallest absolute Gasteiger partial charge is 0.337 e. The molecule has 1 rings (SSSR count). The summed E-state index contributed by atoms with van der Waals surface area (Å²) in [7, 11) is 0. The molecule has 0 amide bonds. The quantitative estimate of drug-likeness (QED) is 0.183. The first-order valence-electron chi connectivity index (χ1n) is 6.30. The zero-order chi connectivity index (χ0) is 16.7. The Kier molecular flexibility index (Phi) is 7.02. The SMILES string of the molecule is O=C(COCC(O)C(O)C(O)CO)Oc1ccc(O)c(O)c1. The van der Waals surface area contributed by atoms with Crippen LogP contribution >= 0.6 is 0 Å². The zero-order valence-electron chi connectivity index (χ0n) is 11.5. The predicted octanol–water partition coefficient (Wildman–Crippen LogP) is -1.91. The van der Waals surface area contributed by atoms with Crippen LogP contribution < -0.4 is 4.74 Å². The fraction of sp³-hybridized carbons (Fsp3) is 0.462. The summed E-state index contributed by atoms with van der Waals surface area (Å²) in [6.07, 6.45) is -4.63. The van der Waals surface area contributed by atoms with Gasteiger partial charge in [-0.3, -0.25) is 0 Å². The van der Waals surface area contributed by atoms with Crippen LogP contribution in [-0.4, -0.2) is 74.7 Å². The fourth-order valence-corrected chi connectivity index (χ4v) is 1.45. The third kappa shape index (κ3) is 5.47. The topological polar surface area (TPSA) is 157 Å². The van der Waals surface area contributed by atoms with Crippen molar-refractivity contribution >= 4 is 5.97 Å². The van der Waals surface area contributed by atoms with Crippen molar-refractivity contribution in [3.8, 4) is 17.2 Å². The molecule has 0 radical (unpaired) electrons. The molecule has 124 valence electrons. The molecule has 9 heteroatoms. The molecule has 0 aromatic heterocycles. The molecule has 0 fully saturated rings. The summed E-state index contributed by atoms with van der Waals surface area (Å²) >= 11 is 0. The van der Waals surface area contributed by atoms with E-state index in [0.29, 0.717) is 0 Å². The van der Waals surface area contributed by atoms with E-state index in [2.05, 4.69) is 0 Å². The first-order valence-corrected chi connectivity index (χ1v) is 6.30. The number of carbonyl (C=O) groups is 1. The van der Waals surface area contributed by atoms with Gasteiger partial charge in [-0.25, -0.2) is 4.79 Å². The second-order valence-electron chi connectivity index (χ2n) is 4.45. The minimum Gasteiger partial charge on any atom is -0.504 e. The molecule has 3 atom stereocenters. The Hall–Kier alpha value is -1.91. The van der Waals surface area contributed by atoms with Crippen molar-refractivity contribution in [2.75, 3.05) is 19.8 Å². The van der Waals surface area contributed by atoms with Gasteiger partial charge < -0.3 is 40.1 Å². The molecule has 22 heavy (non-hydrogen) atoms. The van der Waals surface area contributed by atoms with Crippen molar-refractivity contribution in [2.24, 2.45) is 0 Å². The molecule has 1 aromatic carbocycles. The Morgan fingerprint density at radius 3 is 2.36 bits per heavy atom. The van der Waals surface area contributed by atoms with E-state index in [1.807, 2.05) is 0 Å². The lowest BCUT2D eigenvalue weighted by atomic mass is 10.1. The third-order valence-electron chi connectivity index (χ3n) is 2.66. The maximum Gasteiger partial charge on any atom is 0.337 e. The van der Waals surface area contributed by atoms with Gasteiger partial charge >= 0.3 is 5.97 Å².